The summed E-state index contributed by atoms with van der Waals surface area (Å²) < 4.78 is 0.728. The van der Waals surface area contributed by atoms with Crippen LogP contribution in [-0.4, -0.2) is 28.8 Å². The summed E-state index contributed by atoms with van der Waals surface area (Å²) in [4.78, 5) is 15.9. The van der Waals surface area contributed by atoms with Crippen molar-refractivity contribution in [3.63, 3.8) is 0 Å². The lowest BCUT2D eigenvalue weighted by Gasteiger charge is -2.30. The van der Waals surface area contributed by atoms with Gasteiger partial charge >= 0.3 is 6.03 Å². The predicted octanol–water partition coefficient (Wildman–Crippen LogP) is 2.52. The minimum atomic E-state index is -0.241. The Morgan fingerprint density at radius 1 is 1.42 bits per heavy atom. The second-order valence-electron chi connectivity index (χ2n) is 4.80. The largest absolute Gasteiger partial charge is 0.396 e. The van der Waals surface area contributed by atoms with E-state index in [1.165, 1.54) is 0 Å². The minimum Gasteiger partial charge on any atom is -0.396 e. The number of hydrogen-bond donors (Lipinski definition) is 3. The fourth-order valence-corrected chi connectivity index (χ4v) is 2.64. The van der Waals surface area contributed by atoms with Crippen molar-refractivity contribution in [1.82, 2.24) is 10.3 Å². The number of aliphatic hydroxyl groups is 1. The first-order valence-corrected chi connectivity index (χ1v) is 7.28. The fourth-order valence-electron chi connectivity index (χ4n) is 2.40. The van der Waals surface area contributed by atoms with E-state index < -0.39 is 0 Å². The molecule has 5 nitrogen and oxygen atoms in total. The molecule has 2 rings (SSSR count). The minimum absolute atomic E-state index is 0.0576. The van der Waals surface area contributed by atoms with Gasteiger partial charge in [0.1, 0.15) is 4.60 Å². The molecule has 2 atom stereocenters. The van der Waals surface area contributed by atoms with E-state index in [4.69, 9.17) is 0 Å². The van der Waals surface area contributed by atoms with Crippen molar-refractivity contribution in [3.8, 4) is 0 Å². The highest BCUT2D eigenvalue weighted by molar-refractivity contribution is 9.10. The number of hydrogen-bond acceptors (Lipinski definition) is 3. The predicted molar refractivity (Wildman–Crippen MR) is 76.9 cm³/mol. The van der Waals surface area contributed by atoms with E-state index in [9.17, 15) is 9.90 Å². The van der Waals surface area contributed by atoms with Gasteiger partial charge in [0, 0.05) is 18.6 Å². The van der Waals surface area contributed by atoms with Crippen LogP contribution in [0.3, 0.4) is 0 Å². The molecule has 1 heterocycles. The third-order valence-corrected chi connectivity index (χ3v) is 3.91. The first kappa shape index (κ1) is 14.3. The van der Waals surface area contributed by atoms with Crippen LogP contribution in [0.2, 0.25) is 0 Å². The van der Waals surface area contributed by atoms with E-state index in [0.717, 1.165) is 30.3 Å². The molecule has 0 radical (unpaired) electrons. The first-order valence-electron chi connectivity index (χ1n) is 6.49. The molecule has 104 valence electrons. The molecular weight excluding hydrogens is 310 g/mol. The first-order chi connectivity index (χ1) is 9.19. The van der Waals surface area contributed by atoms with Crippen LogP contribution in [0.25, 0.3) is 0 Å². The van der Waals surface area contributed by atoms with Crippen LogP contribution in [0.1, 0.15) is 25.7 Å². The molecule has 2 amide bonds. The van der Waals surface area contributed by atoms with E-state index in [-0.39, 0.29) is 24.6 Å². The molecule has 0 bridgehead atoms. The normalized spacial score (nSPS) is 22.8. The van der Waals surface area contributed by atoms with Crippen molar-refractivity contribution in [3.05, 3.63) is 22.9 Å². The highest BCUT2D eigenvalue weighted by atomic mass is 79.9. The van der Waals surface area contributed by atoms with Gasteiger partial charge in [-0.05, 0) is 40.9 Å². The zero-order chi connectivity index (χ0) is 13.7. The van der Waals surface area contributed by atoms with Crippen molar-refractivity contribution < 1.29 is 9.90 Å². The van der Waals surface area contributed by atoms with Gasteiger partial charge in [-0.15, -0.1) is 0 Å². The molecule has 1 aromatic heterocycles. The monoisotopic (exact) mass is 327 g/mol. The van der Waals surface area contributed by atoms with Gasteiger partial charge in [-0.25, -0.2) is 9.78 Å². The number of pyridine rings is 1. The number of amides is 2. The third-order valence-electron chi connectivity index (χ3n) is 3.45. The van der Waals surface area contributed by atoms with Crippen LogP contribution in [0.4, 0.5) is 10.5 Å². The number of urea groups is 1. The Labute approximate surface area is 120 Å². The Balaban J connectivity index is 1.88. The standard InChI is InChI=1S/C13H18BrN3O2/c14-12-6-5-10(7-15-12)16-13(19)17-11-4-2-1-3-9(11)8-18/h5-7,9,11,18H,1-4,8H2,(H2,16,17,19). The topological polar surface area (TPSA) is 74.2 Å². The van der Waals surface area contributed by atoms with Crippen molar-refractivity contribution in [2.45, 2.75) is 31.7 Å². The molecule has 1 aliphatic rings. The Bertz CT molecular complexity index is 424. The Kier molecular flexibility index (Phi) is 5.15. The Morgan fingerprint density at radius 2 is 2.21 bits per heavy atom. The number of carbonyl (C=O) groups excluding carboxylic acids is 1. The highest BCUT2D eigenvalue weighted by Crippen LogP contribution is 2.24. The molecule has 1 fully saturated rings. The summed E-state index contributed by atoms with van der Waals surface area (Å²) in [5.41, 5.74) is 0.650. The number of anilines is 1. The molecule has 1 aromatic rings. The summed E-state index contributed by atoms with van der Waals surface area (Å²) in [6.07, 6.45) is 5.72. The van der Waals surface area contributed by atoms with Crippen LogP contribution in [0.15, 0.2) is 22.9 Å². The number of nitrogens with zero attached hydrogens (tertiary/aromatic N) is 1. The average molecular weight is 328 g/mol. The van der Waals surface area contributed by atoms with Gasteiger partial charge in [0.2, 0.25) is 0 Å². The van der Waals surface area contributed by atoms with Crippen LogP contribution in [-0.2, 0) is 0 Å². The van der Waals surface area contributed by atoms with Gasteiger partial charge in [-0.1, -0.05) is 12.8 Å². The molecule has 19 heavy (non-hydrogen) atoms. The smallest absolute Gasteiger partial charge is 0.319 e. The van der Waals surface area contributed by atoms with Gasteiger partial charge in [0.25, 0.3) is 0 Å². The van der Waals surface area contributed by atoms with Crippen molar-refractivity contribution in [2.75, 3.05) is 11.9 Å². The summed E-state index contributed by atoms with van der Waals surface area (Å²) in [6, 6.07) is 3.37. The number of carbonyl (C=O) groups is 1. The number of aliphatic hydroxyl groups excluding tert-OH is 1. The SMILES string of the molecule is O=C(Nc1ccc(Br)nc1)NC1CCCCC1CO. The van der Waals surface area contributed by atoms with Gasteiger partial charge in [0.15, 0.2) is 0 Å². The fraction of sp³-hybridized carbons (Fsp3) is 0.538. The second-order valence-corrected chi connectivity index (χ2v) is 5.61. The summed E-state index contributed by atoms with van der Waals surface area (Å²) in [5, 5.41) is 15.0. The quantitative estimate of drug-likeness (QED) is 0.747. The van der Waals surface area contributed by atoms with E-state index in [0.29, 0.717) is 5.69 Å². The molecule has 0 spiro atoms. The van der Waals surface area contributed by atoms with Crippen molar-refractivity contribution in [1.29, 1.82) is 0 Å². The zero-order valence-corrected chi connectivity index (χ0v) is 12.2. The zero-order valence-electron chi connectivity index (χ0n) is 10.6. The molecular formula is C13H18BrN3O2. The summed E-state index contributed by atoms with van der Waals surface area (Å²) in [7, 11) is 0. The Hall–Kier alpha value is -1.14. The maximum atomic E-state index is 11.9. The van der Waals surface area contributed by atoms with Crippen LogP contribution < -0.4 is 10.6 Å². The van der Waals surface area contributed by atoms with Gasteiger partial charge in [0.05, 0.1) is 11.9 Å². The molecule has 0 saturated heterocycles. The van der Waals surface area contributed by atoms with Gasteiger partial charge in [-0.2, -0.15) is 0 Å². The van der Waals surface area contributed by atoms with E-state index in [1.54, 1.807) is 18.3 Å². The third kappa shape index (κ3) is 4.18. The molecule has 3 N–H and O–H groups in total. The number of nitrogens with one attached hydrogen (secondary N) is 2. The molecule has 2 unspecified atom stereocenters. The second kappa shape index (κ2) is 6.86. The molecule has 0 aromatic carbocycles. The number of rotatable bonds is 3. The van der Waals surface area contributed by atoms with Crippen LogP contribution in [0.5, 0.6) is 0 Å². The lowest BCUT2D eigenvalue weighted by Crippen LogP contribution is -2.45. The van der Waals surface area contributed by atoms with Crippen molar-refractivity contribution in [2.24, 2.45) is 5.92 Å². The van der Waals surface area contributed by atoms with Crippen LogP contribution in [0, 0.1) is 5.92 Å². The van der Waals surface area contributed by atoms with E-state index >= 15 is 0 Å². The molecule has 0 aliphatic heterocycles. The lowest BCUT2D eigenvalue weighted by molar-refractivity contribution is 0.156. The highest BCUT2D eigenvalue weighted by Gasteiger charge is 2.25. The van der Waals surface area contributed by atoms with Gasteiger partial charge in [-0.3, -0.25) is 0 Å². The molecule has 1 aliphatic carbocycles. The van der Waals surface area contributed by atoms with Crippen molar-refractivity contribution >= 4 is 27.6 Å². The molecule has 1 saturated carbocycles. The van der Waals surface area contributed by atoms with Crippen LogP contribution >= 0.6 is 15.9 Å². The summed E-state index contributed by atoms with van der Waals surface area (Å²) in [6.45, 7) is 0.130. The Morgan fingerprint density at radius 3 is 2.89 bits per heavy atom. The van der Waals surface area contributed by atoms with Gasteiger partial charge < -0.3 is 15.7 Å². The molecule has 6 heteroatoms. The van der Waals surface area contributed by atoms with E-state index in [1.807, 2.05) is 0 Å². The maximum absolute atomic E-state index is 11.9. The van der Waals surface area contributed by atoms with E-state index in [2.05, 4.69) is 31.5 Å². The maximum Gasteiger partial charge on any atom is 0.319 e. The summed E-state index contributed by atoms with van der Waals surface area (Å²) >= 11 is 3.24. The summed E-state index contributed by atoms with van der Waals surface area (Å²) in [5.74, 6) is 0.169. The average Bonchev–Trinajstić information content (AvgIpc) is 2.42. The lowest BCUT2D eigenvalue weighted by atomic mass is 9.85. The number of halogens is 1. The number of aromatic nitrogens is 1.